The Balaban J connectivity index is 2.41. The Kier molecular flexibility index (Phi) is 4.39. The molecule has 2 aromatic rings. The van der Waals surface area contributed by atoms with Crippen LogP contribution in [0.4, 0.5) is 8.78 Å². The maximum absolute atomic E-state index is 13.8. The van der Waals surface area contributed by atoms with Gasteiger partial charge in [-0.1, -0.05) is 15.9 Å². The summed E-state index contributed by atoms with van der Waals surface area (Å²) >= 11 is 6.50. The van der Waals surface area contributed by atoms with Gasteiger partial charge in [0, 0.05) is 10.0 Å². The minimum atomic E-state index is -0.926. The van der Waals surface area contributed by atoms with E-state index in [9.17, 15) is 8.78 Å². The Bertz CT molecular complexity index is 669. The quantitative estimate of drug-likeness (QED) is 0.580. The van der Waals surface area contributed by atoms with E-state index in [1.165, 1.54) is 0 Å². The molecule has 0 saturated heterocycles. The first-order chi connectivity index (χ1) is 9.38. The number of amidine groups is 1. The van der Waals surface area contributed by atoms with E-state index in [0.29, 0.717) is 4.47 Å². The standard InChI is InChI=1S/C13H8Br2F2N2O/c14-7-1-2-11(8(15)5-7)20-12-9(16)3-6(13(18)19)4-10(12)17/h1-5H,(H3,18,19). The highest BCUT2D eigenvalue weighted by atomic mass is 79.9. The predicted molar refractivity (Wildman–Crippen MR) is 79.3 cm³/mol. The Morgan fingerprint density at radius 2 is 1.70 bits per heavy atom. The molecule has 0 aliphatic carbocycles. The van der Waals surface area contributed by atoms with Crippen molar-refractivity contribution in [1.29, 1.82) is 5.41 Å². The topological polar surface area (TPSA) is 59.1 Å². The fourth-order valence-electron chi connectivity index (χ4n) is 1.48. The Morgan fingerprint density at radius 1 is 1.10 bits per heavy atom. The highest BCUT2D eigenvalue weighted by molar-refractivity contribution is 9.11. The normalized spacial score (nSPS) is 10.4. The van der Waals surface area contributed by atoms with E-state index >= 15 is 0 Å². The summed E-state index contributed by atoms with van der Waals surface area (Å²) in [7, 11) is 0. The lowest BCUT2D eigenvalue weighted by atomic mass is 10.2. The zero-order valence-corrected chi connectivity index (χ0v) is 13.1. The van der Waals surface area contributed by atoms with Crippen molar-refractivity contribution in [3.8, 4) is 11.5 Å². The molecule has 7 heteroatoms. The third-order valence-electron chi connectivity index (χ3n) is 2.42. The minimum absolute atomic E-state index is 0.0396. The lowest BCUT2D eigenvalue weighted by Crippen LogP contribution is -2.12. The average Bonchev–Trinajstić information content (AvgIpc) is 2.35. The van der Waals surface area contributed by atoms with Crippen molar-refractivity contribution in [1.82, 2.24) is 0 Å². The Labute approximate surface area is 130 Å². The molecular weight excluding hydrogens is 398 g/mol. The van der Waals surface area contributed by atoms with Gasteiger partial charge in [0.1, 0.15) is 11.6 Å². The van der Waals surface area contributed by atoms with Crippen molar-refractivity contribution in [2.45, 2.75) is 0 Å². The van der Waals surface area contributed by atoms with Crippen LogP contribution in [0.15, 0.2) is 39.3 Å². The van der Waals surface area contributed by atoms with Crippen molar-refractivity contribution in [2.24, 2.45) is 5.73 Å². The monoisotopic (exact) mass is 404 g/mol. The van der Waals surface area contributed by atoms with E-state index in [4.69, 9.17) is 15.9 Å². The molecule has 0 fully saturated rings. The summed E-state index contributed by atoms with van der Waals surface area (Å²) in [5.74, 6) is -2.55. The van der Waals surface area contributed by atoms with Gasteiger partial charge in [0.05, 0.1) is 4.47 Å². The second-order valence-electron chi connectivity index (χ2n) is 3.86. The zero-order valence-electron chi connectivity index (χ0n) is 9.88. The van der Waals surface area contributed by atoms with Crippen LogP contribution in [-0.2, 0) is 0 Å². The van der Waals surface area contributed by atoms with Gasteiger partial charge in [-0.2, -0.15) is 0 Å². The van der Waals surface area contributed by atoms with Crippen LogP contribution >= 0.6 is 31.9 Å². The number of nitrogens with one attached hydrogen (secondary N) is 1. The summed E-state index contributed by atoms with van der Waals surface area (Å²) in [6.45, 7) is 0. The SMILES string of the molecule is N=C(N)c1cc(F)c(Oc2ccc(Br)cc2Br)c(F)c1. The smallest absolute Gasteiger partial charge is 0.198 e. The van der Waals surface area contributed by atoms with Gasteiger partial charge in [0.25, 0.3) is 0 Å². The molecule has 0 aliphatic heterocycles. The van der Waals surface area contributed by atoms with E-state index in [2.05, 4.69) is 31.9 Å². The molecule has 104 valence electrons. The lowest BCUT2D eigenvalue weighted by molar-refractivity contribution is 0.405. The summed E-state index contributed by atoms with van der Waals surface area (Å²) in [4.78, 5) is 0. The maximum atomic E-state index is 13.8. The molecule has 0 unspecified atom stereocenters. The highest BCUT2D eigenvalue weighted by Crippen LogP contribution is 2.34. The minimum Gasteiger partial charge on any atom is -0.450 e. The number of nitrogens with two attached hydrogens (primary N) is 1. The van der Waals surface area contributed by atoms with Crippen LogP contribution in [-0.4, -0.2) is 5.84 Å². The molecular formula is C13H8Br2F2N2O. The van der Waals surface area contributed by atoms with Gasteiger partial charge in [-0.05, 0) is 46.3 Å². The van der Waals surface area contributed by atoms with Crippen molar-refractivity contribution in [3.63, 3.8) is 0 Å². The summed E-state index contributed by atoms with van der Waals surface area (Å²) in [6, 6.07) is 6.84. The van der Waals surface area contributed by atoms with Gasteiger partial charge >= 0.3 is 0 Å². The molecule has 0 aliphatic rings. The van der Waals surface area contributed by atoms with Gasteiger partial charge < -0.3 is 10.5 Å². The van der Waals surface area contributed by atoms with Crippen LogP contribution in [0.2, 0.25) is 0 Å². The van der Waals surface area contributed by atoms with Crippen molar-refractivity contribution >= 4 is 37.7 Å². The summed E-state index contributed by atoms with van der Waals surface area (Å²) in [5, 5.41) is 7.17. The van der Waals surface area contributed by atoms with Crippen LogP contribution < -0.4 is 10.5 Å². The third-order valence-corrected chi connectivity index (χ3v) is 3.53. The molecule has 0 heterocycles. The largest absolute Gasteiger partial charge is 0.450 e. The first-order valence-corrected chi connectivity index (χ1v) is 6.93. The van der Waals surface area contributed by atoms with Crippen molar-refractivity contribution in [2.75, 3.05) is 0 Å². The number of benzene rings is 2. The number of rotatable bonds is 3. The van der Waals surface area contributed by atoms with Crippen LogP contribution in [0.3, 0.4) is 0 Å². The Hall–Kier alpha value is -1.47. The van der Waals surface area contributed by atoms with Gasteiger partial charge in [0.15, 0.2) is 17.4 Å². The zero-order chi connectivity index (χ0) is 14.9. The van der Waals surface area contributed by atoms with Crippen LogP contribution in [0.1, 0.15) is 5.56 Å². The Morgan fingerprint density at radius 3 is 2.20 bits per heavy atom. The number of halogens is 4. The van der Waals surface area contributed by atoms with E-state index in [1.54, 1.807) is 18.2 Å². The van der Waals surface area contributed by atoms with Crippen molar-refractivity contribution < 1.29 is 13.5 Å². The fraction of sp³-hybridized carbons (Fsp3) is 0. The number of nitrogen functional groups attached to an aromatic ring is 1. The number of hydrogen-bond acceptors (Lipinski definition) is 2. The molecule has 2 rings (SSSR count). The molecule has 0 amide bonds. The van der Waals surface area contributed by atoms with Crippen LogP contribution in [0, 0.1) is 17.0 Å². The fourth-order valence-corrected chi connectivity index (χ4v) is 2.61. The molecule has 0 bridgehead atoms. The van der Waals surface area contributed by atoms with E-state index in [1.807, 2.05) is 0 Å². The molecule has 0 spiro atoms. The predicted octanol–water partition coefficient (Wildman–Crippen LogP) is 4.57. The second kappa shape index (κ2) is 5.88. The van der Waals surface area contributed by atoms with Gasteiger partial charge in [-0.15, -0.1) is 0 Å². The van der Waals surface area contributed by atoms with E-state index in [-0.39, 0.29) is 11.3 Å². The molecule has 3 N–H and O–H groups in total. The molecule has 2 aromatic carbocycles. The van der Waals surface area contributed by atoms with Gasteiger partial charge in [0.2, 0.25) is 0 Å². The summed E-state index contributed by atoms with van der Waals surface area (Å²) in [5.41, 5.74) is 5.15. The second-order valence-corrected chi connectivity index (χ2v) is 5.63. The molecule has 0 aromatic heterocycles. The number of hydrogen-bond donors (Lipinski definition) is 2. The van der Waals surface area contributed by atoms with E-state index in [0.717, 1.165) is 16.6 Å². The molecule has 0 atom stereocenters. The van der Waals surface area contributed by atoms with Crippen LogP contribution in [0.25, 0.3) is 0 Å². The molecule has 20 heavy (non-hydrogen) atoms. The third kappa shape index (κ3) is 3.16. The molecule has 0 radical (unpaired) electrons. The summed E-state index contributed by atoms with van der Waals surface area (Å²) < 4.78 is 34.2. The summed E-state index contributed by atoms with van der Waals surface area (Å²) in [6.07, 6.45) is 0. The lowest BCUT2D eigenvalue weighted by Gasteiger charge is -2.11. The average molecular weight is 406 g/mol. The number of ether oxygens (including phenoxy) is 1. The molecule has 3 nitrogen and oxygen atoms in total. The molecule has 0 saturated carbocycles. The van der Waals surface area contributed by atoms with Gasteiger partial charge in [-0.25, -0.2) is 8.78 Å². The van der Waals surface area contributed by atoms with E-state index < -0.39 is 23.2 Å². The first kappa shape index (κ1) is 14.9. The van der Waals surface area contributed by atoms with Crippen molar-refractivity contribution in [3.05, 3.63) is 56.5 Å². The first-order valence-electron chi connectivity index (χ1n) is 5.35. The van der Waals surface area contributed by atoms with Gasteiger partial charge in [-0.3, -0.25) is 5.41 Å². The maximum Gasteiger partial charge on any atom is 0.198 e. The highest BCUT2D eigenvalue weighted by Gasteiger charge is 2.16. The van der Waals surface area contributed by atoms with Crippen LogP contribution in [0.5, 0.6) is 11.5 Å².